The summed E-state index contributed by atoms with van der Waals surface area (Å²) in [5, 5.41) is 10.6. The summed E-state index contributed by atoms with van der Waals surface area (Å²) in [6.45, 7) is 0. The average molecular weight is 499 g/mol. The van der Waals surface area contributed by atoms with Crippen molar-refractivity contribution in [3.63, 3.8) is 0 Å². The summed E-state index contributed by atoms with van der Waals surface area (Å²) in [6.07, 6.45) is 5.69. The summed E-state index contributed by atoms with van der Waals surface area (Å²) in [4.78, 5) is 50.0. The molecular weight excluding hydrogens is 476 g/mol. The highest BCUT2D eigenvalue weighted by Crippen LogP contribution is 2.35. The first kappa shape index (κ1) is 24.7. The zero-order valence-electron chi connectivity index (χ0n) is 19.0. The Morgan fingerprint density at radius 3 is 2.28 bits per heavy atom. The third-order valence-corrected chi connectivity index (χ3v) is 6.46. The predicted octanol–water partition coefficient (Wildman–Crippen LogP) is 4.86. The number of hydrogen-bond acceptors (Lipinski definition) is 5. The molecule has 1 heterocycles. The minimum absolute atomic E-state index is 0.0666. The number of nitrogens with zero attached hydrogens (tertiary/aromatic N) is 1. The molecule has 3 aromatic carbocycles. The molecule has 0 spiro atoms. The van der Waals surface area contributed by atoms with Crippen LogP contribution in [0.4, 0.5) is 11.4 Å². The smallest absolute Gasteiger partial charge is 0.328 e. The number of carboxylic acids is 1. The Hall–Kier alpha value is -4.43. The molecule has 0 saturated carbocycles. The number of amides is 3. The van der Waals surface area contributed by atoms with Crippen LogP contribution in [0.2, 0.25) is 0 Å². The molecule has 0 aromatic heterocycles. The first-order valence-corrected chi connectivity index (χ1v) is 12.0. The van der Waals surface area contributed by atoms with Gasteiger partial charge in [0.05, 0.1) is 10.9 Å². The number of thioether (sulfide) groups is 1. The van der Waals surface area contributed by atoms with Gasteiger partial charge in [-0.3, -0.25) is 14.4 Å². The molecule has 180 valence electrons. The number of carboxylic acid groups (broad SMARTS) is 1. The van der Waals surface area contributed by atoms with Gasteiger partial charge in [-0.2, -0.15) is 0 Å². The average Bonchev–Trinajstić information content (AvgIpc) is 3.15. The molecule has 0 aliphatic carbocycles. The number of carbonyl (C=O) groups excluding carboxylic acids is 3. The molecular formula is C28H22N2O5S. The van der Waals surface area contributed by atoms with Crippen molar-refractivity contribution in [2.45, 2.75) is 16.6 Å². The van der Waals surface area contributed by atoms with Crippen LogP contribution in [0.1, 0.15) is 17.5 Å². The number of rotatable bonds is 8. The third kappa shape index (κ3) is 6.37. The lowest BCUT2D eigenvalue weighted by atomic mass is 10.1. The van der Waals surface area contributed by atoms with Crippen LogP contribution in [0.25, 0.3) is 12.2 Å². The lowest BCUT2D eigenvalue weighted by Gasteiger charge is -2.15. The second-order valence-corrected chi connectivity index (χ2v) is 9.18. The molecule has 1 saturated heterocycles. The summed E-state index contributed by atoms with van der Waals surface area (Å²) < 4.78 is 0. The number of benzene rings is 3. The number of nitrogens with one attached hydrogen (secondary N) is 1. The minimum atomic E-state index is -1.22. The van der Waals surface area contributed by atoms with Crippen molar-refractivity contribution in [3.8, 4) is 0 Å². The molecule has 0 radical (unpaired) electrons. The molecule has 1 unspecified atom stereocenters. The Morgan fingerprint density at radius 1 is 0.889 bits per heavy atom. The maximum absolute atomic E-state index is 13.1. The van der Waals surface area contributed by atoms with Crippen LogP contribution in [0.3, 0.4) is 0 Å². The highest BCUT2D eigenvalue weighted by Gasteiger charge is 2.40. The van der Waals surface area contributed by atoms with Crippen LogP contribution in [-0.4, -0.2) is 34.0 Å². The molecule has 0 bridgehead atoms. The zero-order chi connectivity index (χ0) is 25.5. The molecule has 4 rings (SSSR count). The molecule has 8 heteroatoms. The Balaban J connectivity index is 1.41. The van der Waals surface area contributed by atoms with E-state index in [9.17, 15) is 19.2 Å². The van der Waals surface area contributed by atoms with Crippen molar-refractivity contribution in [2.75, 3.05) is 10.2 Å². The van der Waals surface area contributed by atoms with E-state index in [2.05, 4.69) is 5.32 Å². The van der Waals surface area contributed by atoms with Crippen LogP contribution in [0, 0.1) is 0 Å². The summed E-state index contributed by atoms with van der Waals surface area (Å²) in [5.74, 6) is -2.37. The van der Waals surface area contributed by atoms with Gasteiger partial charge in [0, 0.05) is 29.2 Å². The van der Waals surface area contributed by atoms with Crippen LogP contribution >= 0.6 is 11.8 Å². The Bertz CT molecular complexity index is 1350. The van der Waals surface area contributed by atoms with E-state index in [1.165, 1.54) is 16.7 Å². The van der Waals surface area contributed by atoms with Crippen molar-refractivity contribution in [1.29, 1.82) is 0 Å². The molecule has 2 N–H and O–H groups in total. The summed E-state index contributed by atoms with van der Waals surface area (Å²) in [7, 11) is 0. The molecule has 3 amide bonds. The molecule has 3 aromatic rings. The maximum Gasteiger partial charge on any atom is 0.328 e. The lowest BCUT2D eigenvalue weighted by Crippen LogP contribution is -2.31. The van der Waals surface area contributed by atoms with Crippen LogP contribution in [-0.2, 0) is 19.2 Å². The van der Waals surface area contributed by atoms with E-state index in [4.69, 9.17) is 5.11 Å². The monoisotopic (exact) mass is 498 g/mol. The first-order valence-electron chi connectivity index (χ1n) is 11.1. The Kier molecular flexibility index (Phi) is 7.77. The summed E-state index contributed by atoms with van der Waals surface area (Å²) >= 11 is 1.24. The van der Waals surface area contributed by atoms with Crippen LogP contribution in [0.15, 0.2) is 95.9 Å². The predicted molar refractivity (Wildman–Crippen MR) is 140 cm³/mol. The van der Waals surface area contributed by atoms with Gasteiger partial charge in [-0.25, -0.2) is 9.69 Å². The molecule has 1 aliphatic rings. The fraction of sp³-hybridized carbons (Fsp3) is 0.0714. The summed E-state index contributed by atoms with van der Waals surface area (Å²) in [6, 6.07) is 23.9. The minimum Gasteiger partial charge on any atom is -0.478 e. The molecule has 1 atom stereocenters. The van der Waals surface area contributed by atoms with Crippen molar-refractivity contribution in [1.82, 2.24) is 0 Å². The number of carbonyl (C=O) groups is 4. The van der Waals surface area contributed by atoms with Crippen LogP contribution in [0.5, 0.6) is 0 Å². The normalized spacial score (nSPS) is 15.7. The van der Waals surface area contributed by atoms with E-state index in [0.717, 1.165) is 23.3 Å². The second-order valence-electron chi connectivity index (χ2n) is 7.90. The number of aliphatic carboxylic acids is 1. The molecule has 1 aliphatic heterocycles. The zero-order valence-corrected chi connectivity index (χ0v) is 19.9. The summed E-state index contributed by atoms with van der Waals surface area (Å²) in [5.41, 5.74) is 3.00. The molecule has 1 fully saturated rings. The van der Waals surface area contributed by atoms with E-state index < -0.39 is 17.1 Å². The molecule has 7 nitrogen and oxygen atoms in total. The van der Waals surface area contributed by atoms with Crippen molar-refractivity contribution in [2.24, 2.45) is 0 Å². The van der Waals surface area contributed by atoms with E-state index in [1.807, 2.05) is 54.6 Å². The van der Waals surface area contributed by atoms with Gasteiger partial charge in [-0.1, -0.05) is 60.7 Å². The van der Waals surface area contributed by atoms with E-state index in [0.29, 0.717) is 16.3 Å². The van der Waals surface area contributed by atoms with E-state index >= 15 is 0 Å². The van der Waals surface area contributed by atoms with Gasteiger partial charge in [0.1, 0.15) is 0 Å². The fourth-order valence-corrected chi connectivity index (χ4v) is 4.71. The van der Waals surface area contributed by atoms with Gasteiger partial charge in [0.25, 0.3) is 0 Å². The van der Waals surface area contributed by atoms with Gasteiger partial charge in [0.2, 0.25) is 17.7 Å². The number of hydrogen-bond donors (Lipinski definition) is 2. The first-order chi connectivity index (χ1) is 17.4. The molecule has 36 heavy (non-hydrogen) atoms. The highest BCUT2D eigenvalue weighted by atomic mass is 32.2. The second kappa shape index (κ2) is 11.3. The topological polar surface area (TPSA) is 104 Å². The number of imide groups is 1. The largest absolute Gasteiger partial charge is 0.478 e. The van der Waals surface area contributed by atoms with E-state index in [-0.39, 0.29) is 18.2 Å². The van der Waals surface area contributed by atoms with Gasteiger partial charge in [-0.05, 0) is 41.5 Å². The van der Waals surface area contributed by atoms with Gasteiger partial charge < -0.3 is 10.4 Å². The number of anilines is 2. The maximum atomic E-state index is 13.1. The van der Waals surface area contributed by atoms with Gasteiger partial charge in [0.15, 0.2) is 0 Å². The van der Waals surface area contributed by atoms with Crippen molar-refractivity contribution in [3.05, 3.63) is 102 Å². The van der Waals surface area contributed by atoms with Gasteiger partial charge in [-0.15, -0.1) is 11.8 Å². The third-order valence-electron chi connectivity index (χ3n) is 5.28. The van der Waals surface area contributed by atoms with E-state index in [1.54, 1.807) is 36.4 Å². The standard InChI is InChI=1S/C28H22N2O5S/c31-25(15-16-27(33)34)29-21-7-4-8-23(17-21)36-24-18-26(32)30(28(24)35)22-13-11-20(12-14-22)10-9-19-5-2-1-3-6-19/h1-17,24H,18H2,(H,29,31)(H,33,34). The Morgan fingerprint density at radius 2 is 1.58 bits per heavy atom. The lowest BCUT2D eigenvalue weighted by molar-refractivity contribution is -0.131. The highest BCUT2D eigenvalue weighted by molar-refractivity contribution is 8.00. The van der Waals surface area contributed by atoms with Crippen molar-refractivity contribution < 1.29 is 24.3 Å². The fourth-order valence-electron chi connectivity index (χ4n) is 3.60. The Labute approximate surface area is 212 Å². The van der Waals surface area contributed by atoms with Gasteiger partial charge >= 0.3 is 5.97 Å². The van der Waals surface area contributed by atoms with Crippen LogP contribution < -0.4 is 10.2 Å². The van der Waals surface area contributed by atoms with Crippen molar-refractivity contribution >= 4 is 59.0 Å². The quantitative estimate of drug-likeness (QED) is 0.261. The SMILES string of the molecule is O=C(O)C=CC(=O)Nc1cccc(SC2CC(=O)N(c3ccc(C=Cc4ccccc4)cc3)C2=O)c1.